The van der Waals surface area contributed by atoms with Crippen LogP contribution in [0.25, 0.3) is 0 Å². The standard InChI is InChI=1S/C15H22N6O3S/c1-12-19-14(9-15(20-12)21-7-3-2-4-8-21)16-5-6-18-25(22,23)13-10-17-24-11-13/h9-11,18H,2-8H2,1H3,(H,16,19,20). The number of nitrogens with one attached hydrogen (secondary N) is 2. The number of nitrogens with zero attached hydrogens (tertiary/aromatic N) is 4. The highest BCUT2D eigenvalue weighted by atomic mass is 32.2. The highest BCUT2D eigenvalue weighted by molar-refractivity contribution is 7.89. The van der Waals surface area contributed by atoms with Crippen LogP contribution in [0.1, 0.15) is 25.1 Å². The third-order valence-electron chi connectivity index (χ3n) is 3.95. The Morgan fingerprint density at radius 3 is 2.72 bits per heavy atom. The first-order valence-electron chi connectivity index (χ1n) is 8.28. The molecule has 0 aliphatic carbocycles. The molecular weight excluding hydrogens is 344 g/mol. The molecule has 3 heterocycles. The van der Waals surface area contributed by atoms with E-state index in [0.717, 1.165) is 31.4 Å². The number of aromatic nitrogens is 3. The first-order chi connectivity index (χ1) is 12.0. The van der Waals surface area contributed by atoms with Crippen LogP contribution in [0.2, 0.25) is 0 Å². The number of anilines is 2. The smallest absolute Gasteiger partial charge is 0.245 e. The molecule has 0 amide bonds. The van der Waals surface area contributed by atoms with Crippen molar-refractivity contribution in [2.75, 3.05) is 36.4 Å². The summed E-state index contributed by atoms with van der Waals surface area (Å²) in [7, 11) is -3.59. The molecule has 25 heavy (non-hydrogen) atoms. The van der Waals surface area contributed by atoms with Crippen LogP contribution in [0, 0.1) is 6.92 Å². The molecule has 0 radical (unpaired) electrons. The number of sulfonamides is 1. The maximum atomic E-state index is 11.9. The summed E-state index contributed by atoms with van der Waals surface area (Å²) < 4.78 is 30.9. The number of hydrogen-bond donors (Lipinski definition) is 2. The molecule has 1 aliphatic heterocycles. The molecule has 0 atom stereocenters. The van der Waals surface area contributed by atoms with Gasteiger partial charge in [-0.3, -0.25) is 0 Å². The van der Waals surface area contributed by atoms with Gasteiger partial charge in [-0.25, -0.2) is 23.1 Å². The van der Waals surface area contributed by atoms with Crippen molar-refractivity contribution in [3.05, 3.63) is 24.4 Å². The van der Waals surface area contributed by atoms with E-state index in [0.29, 0.717) is 18.2 Å². The number of aryl methyl sites for hydroxylation is 1. The van der Waals surface area contributed by atoms with E-state index in [2.05, 4.69) is 34.6 Å². The van der Waals surface area contributed by atoms with Crippen LogP contribution in [-0.4, -0.2) is 49.7 Å². The minimum Gasteiger partial charge on any atom is -0.369 e. The molecule has 2 aromatic heterocycles. The summed E-state index contributed by atoms with van der Waals surface area (Å²) in [5, 5.41) is 6.54. The predicted molar refractivity (Wildman–Crippen MR) is 93.0 cm³/mol. The van der Waals surface area contributed by atoms with Gasteiger partial charge in [-0.2, -0.15) is 0 Å². The van der Waals surface area contributed by atoms with Gasteiger partial charge in [-0.1, -0.05) is 5.16 Å². The van der Waals surface area contributed by atoms with Gasteiger partial charge in [0, 0.05) is 32.2 Å². The quantitative estimate of drug-likeness (QED) is 0.702. The Bertz CT molecular complexity index is 788. The van der Waals surface area contributed by atoms with Crippen molar-refractivity contribution in [1.82, 2.24) is 19.8 Å². The van der Waals surface area contributed by atoms with Crippen LogP contribution in [0.3, 0.4) is 0 Å². The van der Waals surface area contributed by atoms with Crippen LogP contribution in [-0.2, 0) is 10.0 Å². The second-order valence-corrected chi connectivity index (χ2v) is 7.66. The zero-order valence-corrected chi connectivity index (χ0v) is 14.9. The summed E-state index contributed by atoms with van der Waals surface area (Å²) in [5.41, 5.74) is 0. The third kappa shape index (κ3) is 4.67. The molecule has 0 saturated carbocycles. The van der Waals surface area contributed by atoms with Crippen LogP contribution >= 0.6 is 0 Å². The molecule has 9 nitrogen and oxygen atoms in total. The fourth-order valence-electron chi connectivity index (χ4n) is 2.71. The second kappa shape index (κ2) is 7.79. The average molecular weight is 366 g/mol. The molecule has 1 saturated heterocycles. The molecule has 0 bridgehead atoms. The zero-order valence-electron chi connectivity index (χ0n) is 14.1. The fraction of sp³-hybridized carbons (Fsp3) is 0.533. The lowest BCUT2D eigenvalue weighted by molar-refractivity contribution is 0.417. The van der Waals surface area contributed by atoms with Crippen molar-refractivity contribution < 1.29 is 12.9 Å². The fourth-order valence-corrected chi connectivity index (χ4v) is 3.60. The van der Waals surface area contributed by atoms with E-state index in [9.17, 15) is 8.42 Å². The summed E-state index contributed by atoms with van der Waals surface area (Å²) in [4.78, 5) is 11.1. The summed E-state index contributed by atoms with van der Waals surface area (Å²) >= 11 is 0. The molecule has 2 aromatic rings. The van der Waals surface area contributed by atoms with Gasteiger partial charge in [0.05, 0.1) is 6.20 Å². The summed E-state index contributed by atoms with van der Waals surface area (Å²) in [6.45, 7) is 4.49. The number of hydrogen-bond acceptors (Lipinski definition) is 8. The van der Waals surface area contributed by atoms with Gasteiger partial charge in [0.1, 0.15) is 28.6 Å². The Labute approximate surface area is 146 Å². The largest absolute Gasteiger partial charge is 0.369 e. The van der Waals surface area contributed by atoms with Gasteiger partial charge < -0.3 is 14.7 Å². The van der Waals surface area contributed by atoms with Crippen LogP contribution in [0.15, 0.2) is 27.9 Å². The summed E-state index contributed by atoms with van der Waals surface area (Å²) in [6.07, 6.45) is 5.87. The van der Waals surface area contributed by atoms with Crippen molar-refractivity contribution in [2.24, 2.45) is 0 Å². The van der Waals surface area contributed by atoms with Crippen molar-refractivity contribution in [3.63, 3.8) is 0 Å². The molecule has 0 aromatic carbocycles. The Hall–Kier alpha value is -2.20. The molecule has 3 rings (SSSR count). The topological polar surface area (TPSA) is 113 Å². The van der Waals surface area contributed by atoms with Crippen molar-refractivity contribution >= 4 is 21.7 Å². The van der Waals surface area contributed by atoms with Crippen LogP contribution < -0.4 is 14.9 Å². The second-order valence-electron chi connectivity index (χ2n) is 5.89. The monoisotopic (exact) mass is 366 g/mol. The molecular formula is C15H22N6O3S. The van der Waals surface area contributed by atoms with Crippen LogP contribution in [0.5, 0.6) is 0 Å². The number of piperidine rings is 1. The average Bonchev–Trinajstić information content (AvgIpc) is 3.15. The van der Waals surface area contributed by atoms with E-state index < -0.39 is 10.0 Å². The zero-order chi connectivity index (χ0) is 17.7. The van der Waals surface area contributed by atoms with Gasteiger partial charge >= 0.3 is 0 Å². The lowest BCUT2D eigenvalue weighted by Gasteiger charge is -2.28. The highest BCUT2D eigenvalue weighted by Crippen LogP contribution is 2.20. The first-order valence-corrected chi connectivity index (χ1v) is 9.76. The number of rotatable bonds is 7. The molecule has 1 aliphatic rings. The minimum atomic E-state index is -3.59. The lowest BCUT2D eigenvalue weighted by atomic mass is 10.1. The maximum Gasteiger partial charge on any atom is 0.245 e. The van der Waals surface area contributed by atoms with E-state index in [4.69, 9.17) is 0 Å². The van der Waals surface area contributed by atoms with E-state index in [-0.39, 0.29) is 11.4 Å². The molecule has 0 spiro atoms. The van der Waals surface area contributed by atoms with Crippen molar-refractivity contribution in [3.8, 4) is 0 Å². The van der Waals surface area contributed by atoms with E-state index >= 15 is 0 Å². The molecule has 136 valence electrons. The Morgan fingerprint density at radius 2 is 2.00 bits per heavy atom. The van der Waals surface area contributed by atoms with Gasteiger partial charge in [-0.15, -0.1) is 0 Å². The van der Waals surface area contributed by atoms with Crippen molar-refractivity contribution in [1.29, 1.82) is 0 Å². The molecule has 0 unspecified atom stereocenters. The SMILES string of the molecule is Cc1nc(NCCNS(=O)(=O)c2cnoc2)cc(N2CCCCC2)n1. The predicted octanol–water partition coefficient (Wildman–Crippen LogP) is 1.15. The van der Waals surface area contributed by atoms with Gasteiger partial charge in [0.25, 0.3) is 0 Å². The van der Waals surface area contributed by atoms with Crippen LogP contribution in [0.4, 0.5) is 11.6 Å². The third-order valence-corrected chi connectivity index (χ3v) is 5.35. The van der Waals surface area contributed by atoms with Gasteiger partial charge in [0.15, 0.2) is 0 Å². The Balaban J connectivity index is 1.55. The van der Waals surface area contributed by atoms with Crippen molar-refractivity contribution in [2.45, 2.75) is 31.1 Å². The first kappa shape index (κ1) is 17.6. The van der Waals surface area contributed by atoms with Gasteiger partial charge in [-0.05, 0) is 26.2 Å². The van der Waals surface area contributed by atoms with E-state index in [1.54, 1.807) is 0 Å². The maximum absolute atomic E-state index is 11.9. The molecule has 10 heteroatoms. The molecule has 1 fully saturated rings. The lowest BCUT2D eigenvalue weighted by Crippen LogP contribution is -2.31. The van der Waals surface area contributed by atoms with Gasteiger partial charge in [0.2, 0.25) is 10.0 Å². The normalized spacial score (nSPS) is 15.3. The summed E-state index contributed by atoms with van der Waals surface area (Å²) in [5.74, 6) is 2.30. The summed E-state index contributed by atoms with van der Waals surface area (Å²) in [6, 6.07) is 1.91. The highest BCUT2D eigenvalue weighted by Gasteiger charge is 2.16. The Morgan fingerprint density at radius 1 is 1.20 bits per heavy atom. The van der Waals surface area contributed by atoms with E-state index in [1.165, 1.54) is 19.3 Å². The Kier molecular flexibility index (Phi) is 5.49. The molecule has 2 N–H and O–H groups in total. The minimum absolute atomic E-state index is 0.0118. The van der Waals surface area contributed by atoms with E-state index in [1.807, 2.05) is 13.0 Å².